The molecule has 1 aromatic rings. The average Bonchev–Trinajstić information content (AvgIpc) is 2.04. The molecule has 3 heteroatoms. The summed E-state index contributed by atoms with van der Waals surface area (Å²) in [4.78, 5) is 0. The van der Waals surface area contributed by atoms with Crippen molar-refractivity contribution in [3.63, 3.8) is 0 Å². The maximum atomic E-state index is 9.04. The third-order valence-corrected chi connectivity index (χ3v) is 1.84. The highest BCUT2D eigenvalue weighted by Gasteiger charge is 2.06. The minimum atomic E-state index is -0.128. The third-order valence-electron chi connectivity index (χ3n) is 1.43. The monoisotopic (exact) mass is 179 g/mol. The molecular weight excluding hydrogens is 174 g/mol. The fourth-order valence-electron chi connectivity index (χ4n) is 0.841. The first-order valence-corrected chi connectivity index (χ1v) is 3.61. The molecule has 1 N–H and O–H groups in total. The number of hydrogen-bond donors (Lipinski definition) is 1. The third kappa shape index (κ3) is 1.41. The van der Waals surface area contributed by atoms with Crippen LogP contribution in [0.25, 0.3) is 5.76 Å². The van der Waals surface area contributed by atoms with Gasteiger partial charge in [-0.05, 0) is 12.1 Å². The second kappa shape index (κ2) is 3.29. The fraction of sp³-hybridized carbons (Fsp3) is 0. The molecule has 12 heavy (non-hydrogen) atoms. The first kappa shape index (κ1) is 8.63. The van der Waals surface area contributed by atoms with Crippen molar-refractivity contribution >= 4 is 17.4 Å². The molecule has 1 rings (SSSR count). The van der Waals surface area contributed by atoms with Gasteiger partial charge < -0.3 is 5.11 Å². The van der Waals surface area contributed by atoms with Crippen molar-refractivity contribution in [3.05, 3.63) is 40.9 Å². The van der Waals surface area contributed by atoms with E-state index < -0.39 is 0 Å². The van der Waals surface area contributed by atoms with Crippen LogP contribution in [0.2, 0.25) is 5.02 Å². The van der Waals surface area contributed by atoms with E-state index in [2.05, 4.69) is 6.58 Å². The summed E-state index contributed by atoms with van der Waals surface area (Å²) in [6.45, 7) is 3.32. The molecule has 0 aliphatic carbocycles. The highest BCUT2D eigenvalue weighted by atomic mass is 35.5. The van der Waals surface area contributed by atoms with Crippen LogP contribution in [0.4, 0.5) is 0 Å². The van der Waals surface area contributed by atoms with Crippen molar-refractivity contribution in [1.82, 2.24) is 0 Å². The van der Waals surface area contributed by atoms with Crippen LogP contribution < -0.4 is 0 Å². The Hall–Kier alpha value is -1.46. The molecule has 0 amide bonds. The number of hydrogen-bond acceptors (Lipinski definition) is 2. The van der Waals surface area contributed by atoms with E-state index in [0.29, 0.717) is 11.1 Å². The van der Waals surface area contributed by atoms with Gasteiger partial charge in [-0.1, -0.05) is 24.2 Å². The molecule has 0 fully saturated rings. The summed E-state index contributed by atoms with van der Waals surface area (Å²) in [5.74, 6) is -0.128. The zero-order valence-electron chi connectivity index (χ0n) is 6.21. The van der Waals surface area contributed by atoms with Gasteiger partial charge in [0.15, 0.2) is 0 Å². The van der Waals surface area contributed by atoms with Gasteiger partial charge in [0.1, 0.15) is 11.8 Å². The first-order valence-electron chi connectivity index (χ1n) is 3.23. The van der Waals surface area contributed by atoms with Gasteiger partial charge in [-0.25, -0.2) is 0 Å². The van der Waals surface area contributed by atoms with Crippen LogP contribution in [0.3, 0.4) is 0 Å². The van der Waals surface area contributed by atoms with Crippen LogP contribution in [-0.2, 0) is 0 Å². The Labute approximate surface area is 75.3 Å². The van der Waals surface area contributed by atoms with Gasteiger partial charge in [0, 0.05) is 5.56 Å². The molecule has 2 nitrogen and oxygen atoms in total. The second-order valence-corrected chi connectivity index (χ2v) is 2.60. The molecular formula is C9H6ClNO. The van der Waals surface area contributed by atoms with Crippen molar-refractivity contribution in [2.45, 2.75) is 0 Å². The van der Waals surface area contributed by atoms with Gasteiger partial charge in [-0.2, -0.15) is 5.26 Å². The lowest BCUT2D eigenvalue weighted by atomic mass is 10.1. The van der Waals surface area contributed by atoms with Crippen LogP contribution >= 0.6 is 11.6 Å². The van der Waals surface area contributed by atoms with Crippen molar-refractivity contribution in [2.75, 3.05) is 0 Å². The number of aliphatic hydroxyl groups is 1. The molecule has 60 valence electrons. The highest BCUT2D eigenvalue weighted by molar-refractivity contribution is 6.33. The van der Waals surface area contributed by atoms with E-state index in [4.69, 9.17) is 22.0 Å². The summed E-state index contributed by atoms with van der Waals surface area (Å²) in [5, 5.41) is 17.9. The van der Waals surface area contributed by atoms with Crippen molar-refractivity contribution < 1.29 is 5.11 Å². The van der Waals surface area contributed by atoms with Crippen molar-refractivity contribution in [2.24, 2.45) is 0 Å². The molecule has 0 saturated heterocycles. The molecule has 0 heterocycles. The molecule has 0 atom stereocenters. The Kier molecular flexibility index (Phi) is 2.37. The summed E-state index contributed by atoms with van der Waals surface area (Å²) in [6.07, 6.45) is 0. The molecule has 0 bridgehead atoms. The Morgan fingerprint density at radius 2 is 2.25 bits per heavy atom. The maximum Gasteiger partial charge on any atom is 0.117 e. The fourth-order valence-corrected chi connectivity index (χ4v) is 1.12. The summed E-state index contributed by atoms with van der Waals surface area (Å²) >= 11 is 5.76. The molecule has 0 radical (unpaired) electrons. The van der Waals surface area contributed by atoms with Gasteiger partial charge >= 0.3 is 0 Å². The molecule has 0 aliphatic heterocycles. The smallest absolute Gasteiger partial charge is 0.117 e. The highest BCUT2D eigenvalue weighted by Crippen LogP contribution is 2.24. The quantitative estimate of drug-likeness (QED) is 0.674. The number of nitriles is 1. The number of rotatable bonds is 1. The van der Waals surface area contributed by atoms with Gasteiger partial charge in [0.05, 0.1) is 10.6 Å². The minimum Gasteiger partial charge on any atom is -0.508 e. The molecule has 0 unspecified atom stereocenters. The number of halogens is 1. The van der Waals surface area contributed by atoms with Crippen LogP contribution in [0.15, 0.2) is 24.8 Å². The minimum absolute atomic E-state index is 0.128. The van der Waals surface area contributed by atoms with E-state index in [1.54, 1.807) is 18.2 Å². The lowest BCUT2D eigenvalue weighted by molar-refractivity contribution is 0.514. The van der Waals surface area contributed by atoms with Crippen LogP contribution in [-0.4, -0.2) is 5.11 Å². The molecule has 0 saturated carbocycles. The Morgan fingerprint density at radius 1 is 1.58 bits per heavy atom. The lowest BCUT2D eigenvalue weighted by Crippen LogP contribution is -1.85. The molecule has 0 spiro atoms. The standard InChI is InChI=1S/C9H6ClNO/c1-6(12)8-4-2-3-7(5-11)9(8)10/h2-4,12H,1H2. The first-order chi connectivity index (χ1) is 5.66. The topological polar surface area (TPSA) is 44.0 Å². The molecule has 0 aromatic heterocycles. The normalized spacial score (nSPS) is 9.00. The van der Waals surface area contributed by atoms with Crippen LogP contribution in [0.5, 0.6) is 0 Å². The summed E-state index contributed by atoms with van der Waals surface area (Å²) < 4.78 is 0. The van der Waals surface area contributed by atoms with Gasteiger partial charge in [-0.15, -0.1) is 0 Å². The van der Waals surface area contributed by atoms with Crippen LogP contribution in [0.1, 0.15) is 11.1 Å². The largest absolute Gasteiger partial charge is 0.508 e. The van der Waals surface area contributed by atoms with Crippen molar-refractivity contribution in [1.29, 1.82) is 5.26 Å². The Balaban J connectivity index is 3.35. The average molecular weight is 180 g/mol. The second-order valence-electron chi connectivity index (χ2n) is 2.23. The van der Waals surface area contributed by atoms with Gasteiger partial charge in [0.2, 0.25) is 0 Å². The van der Waals surface area contributed by atoms with E-state index >= 15 is 0 Å². The van der Waals surface area contributed by atoms with E-state index in [-0.39, 0.29) is 10.8 Å². The Bertz CT molecular complexity index is 365. The van der Waals surface area contributed by atoms with E-state index in [1.807, 2.05) is 6.07 Å². The van der Waals surface area contributed by atoms with Crippen molar-refractivity contribution in [3.8, 4) is 6.07 Å². The number of benzene rings is 1. The van der Waals surface area contributed by atoms with E-state index in [0.717, 1.165) is 0 Å². The van der Waals surface area contributed by atoms with Gasteiger partial charge in [-0.3, -0.25) is 0 Å². The summed E-state index contributed by atoms with van der Waals surface area (Å²) in [6, 6.07) is 6.73. The SMILES string of the molecule is C=C(O)c1cccc(C#N)c1Cl. The lowest BCUT2D eigenvalue weighted by Gasteiger charge is -2.01. The summed E-state index contributed by atoms with van der Waals surface area (Å²) in [7, 11) is 0. The summed E-state index contributed by atoms with van der Waals surface area (Å²) in [5.41, 5.74) is 0.736. The maximum absolute atomic E-state index is 9.04. The molecule has 0 aliphatic rings. The van der Waals surface area contributed by atoms with Gasteiger partial charge in [0.25, 0.3) is 0 Å². The predicted molar refractivity (Wildman–Crippen MR) is 47.8 cm³/mol. The predicted octanol–water partition coefficient (Wildman–Crippen LogP) is 2.74. The molecule has 1 aromatic carbocycles. The van der Waals surface area contributed by atoms with Crippen LogP contribution in [0, 0.1) is 11.3 Å². The van der Waals surface area contributed by atoms with E-state index in [9.17, 15) is 0 Å². The van der Waals surface area contributed by atoms with E-state index in [1.165, 1.54) is 0 Å². The Morgan fingerprint density at radius 3 is 2.75 bits per heavy atom. The zero-order valence-corrected chi connectivity index (χ0v) is 6.97. The zero-order chi connectivity index (χ0) is 9.14. The number of aliphatic hydroxyl groups excluding tert-OH is 1. The number of nitrogens with zero attached hydrogens (tertiary/aromatic N) is 1.